The molecule has 1 aromatic heterocycles. The zero-order valence-corrected chi connectivity index (χ0v) is 16.8. The third kappa shape index (κ3) is 3.89. The number of esters is 1. The van der Waals surface area contributed by atoms with Gasteiger partial charge < -0.3 is 10.1 Å². The van der Waals surface area contributed by atoms with Crippen LogP contribution in [0, 0.1) is 0 Å². The summed E-state index contributed by atoms with van der Waals surface area (Å²) >= 11 is 0. The number of carbonyl (C=O) groups is 3. The van der Waals surface area contributed by atoms with E-state index in [1.807, 2.05) is 6.92 Å². The Morgan fingerprint density at radius 1 is 1.06 bits per heavy atom. The minimum Gasteiger partial charge on any atom is -0.451 e. The Kier molecular flexibility index (Phi) is 5.48. The van der Waals surface area contributed by atoms with Crippen molar-refractivity contribution in [3.8, 4) is 0 Å². The average Bonchev–Trinajstić information content (AvgIpc) is 2.78. The van der Waals surface area contributed by atoms with Crippen molar-refractivity contribution in [3.63, 3.8) is 0 Å². The molecule has 31 heavy (non-hydrogen) atoms. The number of ether oxygens (including phenoxy) is 1. The number of hydrogen-bond donors (Lipinski definition) is 1. The lowest BCUT2D eigenvalue weighted by Gasteiger charge is -2.28. The number of benzene rings is 2. The molecule has 0 bridgehead atoms. The molecule has 0 fully saturated rings. The molecule has 0 unspecified atom stereocenters. The minimum absolute atomic E-state index is 0.0340. The summed E-state index contributed by atoms with van der Waals surface area (Å²) in [7, 11) is 0. The molecular weight excluding hydrogens is 400 g/mol. The van der Waals surface area contributed by atoms with E-state index in [1.54, 1.807) is 48.5 Å². The molecule has 0 atom stereocenters. The highest BCUT2D eigenvalue weighted by molar-refractivity contribution is 6.11. The molecule has 1 N–H and O–H groups in total. The number of rotatable bonds is 5. The maximum Gasteiger partial charge on any atom is 0.359 e. The van der Waals surface area contributed by atoms with Crippen LogP contribution in [0.25, 0.3) is 10.8 Å². The molecule has 2 amide bonds. The van der Waals surface area contributed by atoms with E-state index in [-0.39, 0.29) is 23.7 Å². The van der Waals surface area contributed by atoms with Crippen LogP contribution < -0.4 is 15.8 Å². The van der Waals surface area contributed by atoms with Crippen LogP contribution in [0.4, 0.5) is 11.4 Å². The fraction of sp³-hybridized carbons (Fsp3) is 0.227. The molecule has 3 aromatic rings. The van der Waals surface area contributed by atoms with Gasteiger partial charge in [0.2, 0.25) is 5.91 Å². The van der Waals surface area contributed by atoms with Crippen LogP contribution in [0.3, 0.4) is 0 Å². The summed E-state index contributed by atoms with van der Waals surface area (Å²) in [6.45, 7) is 1.51. The summed E-state index contributed by atoms with van der Waals surface area (Å²) < 4.78 is 6.46. The molecule has 1 aliphatic heterocycles. The summed E-state index contributed by atoms with van der Waals surface area (Å²) in [6, 6.07) is 13.5. The summed E-state index contributed by atoms with van der Waals surface area (Å²) in [4.78, 5) is 51.3. The third-order valence-corrected chi connectivity index (χ3v) is 4.89. The number of amides is 2. The molecule has 2 heterocycles. The fourth-order valence-corrected chi connectivity index (χ4v) is 3.48. The van der Waals surface area contributed by atoms with Gasteiger partial charge in [0, 0.05) is 11.9 Å². The number of aryl methyl sites for hydroxylation is 1. The minimum atomic E-state index is -0.816. The standard InChI is InChI=1S/C22H20N4O5/c1-2-11-26-21(29)15-8-4-3-7-14(15)20(24-26)22(30)31-13-19(28)25-12-18(27)23-16-9-5-6-10-17(16)25/h3-10H,2,11-13H2,1H3,(H,23,27). The van der Waals surface area contributed by atoms with Crippen LogP contribution >= 0.6 is 0 Å². The molecule has 1 aliphatic rings. The van der Waals surface area contributed by atoms with Crippen LogP contribution in [-0.4, -0.2) is 40.7 Å². The highest BCUT2D eigenvalue weighted by Crippen LogP contribution is 2.28. The molecule has 9 nitrogen and oxygen atoms in total. The van der Waals surface area contributed by atoms with Crippen molar-refractivity contribution in [1.29, 1.82) is 0 Å². The van der Waals surface area contributed by atoms with Crippen LogP contribution in [0.15, 0.2) is 53.3 Å². The van der Waals surface area contributed by atoms with Crippen LogP contribution in [0.1, 0.15) is 23.8 Å². The molecule has 158 valence electrons. The zero-order chi connectivity index (χ0) is 22.0. The number of nitrogens with one attached hydrogen (secondary N) is 1. The number of carbonyl (C=O) groups excluding carboxylic acids is 3. The van der Waals surface area contributed by atoms with Gasteiger partial charge in [0.25, 0.3) is 11.5 Å². The van der Waals surface area contributed by atoms with E-state index >= 15 is 0 Å². The van der Waals surface area contributed by atoms with Crippen LogP contribution in [0.2, 0.25) is 0 Å². The van der Waals surface area contributed by atoms with Gasteiger partial charge in [-0.05, 0) is 24.6 Å². The summed E-state index contributed by atoms with van der Waals surface area (Å²) in [6.07, 6.45) is 0.661. The second-order valence-corrected chi connectivity index (χ2v) is 7.04. The first-order valence-corrected chi connectivity index (χ1v) is 9.86. The van der Waals surface area contributed by atoms with E-state index in [2.05, 4.69) is 10.4 Å². The second kappa shape index (κ2) is 8.39. The van der Waals surface area contributed by atoms with E-state index in [4.69, 9.17) is 4.74 Å². The van der Waals surface area contributed by atoms with Crippen molar-refractivity contribution in [2.45, 2.75) is 19.9 Å². The molecule has 0 saturated heterocycles. The Bertz CT molecular complexity index is 1250. The fourth-order valence-electron chi connectivity index (χ4n) is 3.48. The molecule has 0 saturated carbocycles. The number of fused-ring (bicyclic) bond motifs is 2. The van der Waals surface area contributed by atoms with Crippen LogP contribution in [-0.2, 0) is 20.9 Å². The summed E-state index contributed by atoms with van der Waals surface area (Å²) in [5, 5.41) is 7.58. The van der Waals surface area contributed by atoms with Crippen molar-refractivity contribution in [2.24, 2.45) is 0 Å². The van der Waals surface area contributed by atoms with E-state index < -0.39 is 18.5 Å². The number of nitrogens with zero attached hydrogens (tertiary/aromatic N) is 3. The van der Waals surface area contributed by atoms with Gasteiger partial charge >= 0.3 is 5.97 Å². The molecule has 0 aliphatic carbocycles. The van der Waals surface area contributed by atoms with E-state index in [0.29, 0.717) is 35.1 Å². The van der Waals surface area contributed by atoms with Crippen molar-refractivity contribution < 1.29 is 19.1 Å². The average molecular weight is 420 g/mol. The van der Waals surface area contributed by atoms with E-state index in [1.165, 1.54) is 9.58 Å². The van der Waals surface area contributed by atoms with Crippen LogP contribution in [0.5, 0.6) is 0 Å². The lowest BCUT2D eigenvalue weighted by atomic mass is 10.1. The third-order valence-electron chi connectivity index (χ3n) is 4.89. The van der Waals surface area contributed by atoms with E-state index in [9.17, 15) is 19.2 Å². The Hall–Kier alpha value is -4.01. The topological polar surface area (TPSA) is 111 Å². The number of para-hydroxylation sites is 2. The molecular formula is C22H20N4O5. The van der Waals surface area contributed by atoms with Gasteiger partial charge in [-0.1, -0.05) is 37.3 Å². The molecule has 0 spiro atoms. The highest BCUT2D eigenvalue weighted by Gasteiger charge is 2.28. The maximum absolute atomic E-state index is 12.8. The Balaban J connectivity index is 1.58. The highest BCUT2D eigenvalue weighted by atomic mass is 16.5. The first-order valence-electron chi connectivity index (χ1n) is 9.86. The van der Waals surface area contributed by atoms with Gasteiger partial charge in [0.05, 0.1) is 16.8 Å². The predicted molar refractivity (Wildman–Crippen MR) is 114 cm³/mol. The van der Waals surface area contributed by atoms with Crippen molar-refractivity contribution in [2.75, 3.05) is 23.4 Å². The lowest BCUT2D eigenvalue weighted by Crippen LogP contribution is -2.44. The largest absolute Gasteiger partial charge is 0.451 e. The Morgan fingerprint density at radius 2 is 1.77 bits per heavy atom. The molecule has 0 radical (unpaired) electrons. The normalized spacial score (nSPS) is 12.9. The zero-order valence-electron chi connectivity index (χ0n) is 16.8. The van der Waals surface area contributed by atoms with E-state index in [0.717, 1.165) is 0 Å². The number of anilines is 2. The molecule has 9 heteroatoms. The van der Waals surface area contributed by atoms with Crippen molar-refractivity contribution in [1.82, 2.24) is 9.78 Å². The number of aromatic nitrogens is 2. The Labute approximate surface area is 177 Å². The molecule has 2 aromatic carbocycles. The summed E-state index contributed by atoms with van der Waals surface area (Å²) in [5.41, 5.74) is 0.718. The maximum atomic E-state index is 12.8. The SMILES string of the molecule is CCCn1nc(C(=O)OCC(=O)N2CC(=O)Nc3ccccc32)c2ccccc2c1=O. The van der Waals surface area contributed by atoms with Crippen molar-refractivity contribution >= 4 is 39.9 Å². The van der Waals surface area contributed by atoms with Gasteiger partial charge in [-0.3, -0.25) is 19.3 Å². The predicted octanol–water partition coefficient (Wildman–Crippen LogP) is 1.95. The summed E-state index contributed by atoms with van der Waals surface area (Å²) in [5.74, 6) is -1.69. The van der Waals surface area contributed by atoms with Gasteiger partial charge in [-0.15, -0.1) is 0 Å². The monoisotopic (exact) mass is 420 g/mol. The lowest BCUT2D eigenvalue weighted by molar-refractivity contribution is -0.124. The molecule has 4 rings (SSSR count). The first-order chi connectivity index (χ1) is 15.0. The van der Waals surface area contributed by atoms with Crippen molar-refractivity contribution in [3.05, 3.63) is 64.6 Å². The van der Waals surface area contributed by atoms with Gasteiger partial charge in [-0.25, -0.2) is 9.48 Å². The van der Waals surface area contributed by atoms with Gasteiger partial charge in [0.15, 0.2) is 12.3 Å². The van der Waals surface area contributed by atoms with Gasteiger partial charge in [-0.2, -0.15) is 5.10 Å². The second-order valence-electron chi connectivity index (χ2n) is 7.04. The first kappa shape index (κ1) is 20.3. The van der Waals surface area contributed by atoms with Gasteiger partial charge in [0.1, 0.15) is 6.54 Å². The smallest absolute Gasteiger partial charge is 0.359 e. The quantitative estimate of drug-likeness (QED) is 0.632. The number of hydrogen-bond acceptors (Lipinski definition) is 6. The Morgan fingerprint density at radius 3 is 2.55 bits per heavy atom.